The number of alkyl halides is 3. The highest BCUT2D eigenvalue weighted by Gasteiger charge is 2.32. The number of aromatic nitrogens is 2. The quantitative estimate of drug-likeness (QED) is 0.796. The summed E-state index contributed by atoms with van der Waals surface area (Å²) in [7, 11) is 0. The Labute approximate surface area is 118 Å². The van der Waals surface area contributed by atoms with Gasteiger partial charge in [-0.2, -0.15) is 17.9 Å². The van der Waals surface area contributed by atoms with Gasteiger partial charge in [0.15, 0.2) is 0 Å². The molecular formula is C10H3Cl2F3N2O3. The molecule has 2 aromatic rings. The van der Waals surface area contributed by atoms with E-state index in [1.807, 2.05) is 0 Å². The average molecular weight is 327 g/mol. The molecule has 1 heterocycles. The third-order valence-electron chi connectivity index (χ3n) is 2.22. The fourth-order valence-corrected chi connectivity index (χ4v) is 2.06. The molecule has 0 aliphatic rings. The lowest BCUT2D eigenvalue weighted by atomic mass is 10.2. The van der Waals surface area contributed by atoms with Gasteiger partial charge < -0.3 is 4.42 Å². The summed E-state index contributed by atoms with van der Waals surface area (Å²) in [5.74, 6) is -1.65. The fourth-order valence-electron chi connectivity index (χ4n) is 1.41. The van der Waals surface area contributed by atoms with Gasteiger partial charge in [0.05, 0.1) is 15.6 Å². The summed E-state index contributed by atoms with van der Waals surface area (Å²) >= 11 is 11.4. The molecule has 0 amide bonds. The summed E-state index contributed by atoms with van der Waals surface area (Å²) in [6.07, 6.45) is -4.49. The minimum Gasteiger partial charge on any atom is -0.384 e. The molecule has 0 aliphatic heterocycles. The summed E-state index contributed by atoms with van der Waals surface area (Å²) in [6, 6.07) is 1.18. The third-order valence-corrected chi connectivity index (χ3v) is 2.80. The van der Waals surface area contributed by atoms with Crippen molar-refractivity contribution in [1.29, 1.82) is 0 Å². The van der Waals surface area contributed by atoms with E-state index in [9.17, 15) is 22.8 Å². The van der Waals surface area contributed by atoms with Crippen LogP contribution in [0.1, 0.15) is 16.2 Å². The Morgan fingerprint density at radius 2 is 1.80 bits per heavy atom. The number of hydrogen-bond acceptors (Lipinski definition) is 4. The van der Waals surface area contributed by atoms with Crippen molar-refractivity contribution in [2.24, 2.45) is 0 Å². The van der Waals surface area contributed by atoms with Gasteiger partial charge in [0, 0.05) is 0 Å². The number of aldehydes is 1. The van der Waals surface area contributed by atoms with Gasteiger partial charge in [-0.1, -0.05) is 23.2 Å². The average Bonchev–Trinajstić information content (AvgIpc) is 2.69. The van der Waals surface area contributed by atoms with Gasteiger partial charge in [-0.15, -0.1) is 5.10 Å². The van der Waals surface area contributed by atoms with Crippen LogP contribution in [0.5, 0.6) is 0 Å². The Morgan fingerprint density at radius 1 is 1.25 bits per heavy atom. The third kappa shape index (κ3) is 2.56. The van der Waals surface area contributed by atoms with Crippen molar-refractivity contribution in [2.45, 2.75) is 6.18 Å². The highest BCUT2D eigenvalue weighted by Crippen LogP contribution is 2.36. The predicted octanol–water partition coefficient (Wildman–Crippen LogP) is 2.96. The molecule has 2 rings (SSSR count). The van der Waals surface area contributed by atoms with Crippen molar-refractivity contribution in [3.05, 3.63) is 44.2 Å². The number of carbonyl (C=O) groups is 1. The Morgan fingerprint density at radius 3 is 2.20 bits per heavy atom. The van der Waals surface area contributed by atoms with E-state index in [1.165, 1.54) is 0 Å². The van der Waals surface area contributed by atoms with Gasteiger partial charge in [-0.3, -0.25) is 4.79 Å². The van der Waals surface area contributed by atoms with Crippen LogP contribution >= 0.6 is 23.2 Å². The monoisotopic (exact) mass is 326 g/mol. The number of hydrogen-bond donors (Lipinski definition) is 0. The zero-order chi connectivity index (χ0) is 15.1. The van der Waals surface area contributed by atoms with Crippen molar-refractivity contribution < 1.29 is 22.4 Å². The summed E-state index contributed by atoms with van der Waals surface area (Å²) in [4.78, 5) is 21.9. The molecule has 0 spiro atoms. The molecule has 0 saturated carbocycles. The second-order valence-corrected chi connectivity index (χ2v) is 4.34. The van der Waals surface area contributed by atoms with E-state index in [1.54, 1.807) is 0 Å². The molecule has 106 valence electrons. The highest BCUT2D eigenvalue weighted by molar-refractivity contribution is 6.37. The first-order valence-electron chi connectivity index (χ1n) is 4.86. The molecule has 0 unspecified atom stereocenters. The van der Waals surface area contributed by atoms with E-state index in [2.05, 4.69) is 9.52 Å². The zero-order valence-corrected chi connectivity index (χ0v) is 10.8. The van der Waals surface area contributed by atoms with E-state index < -0.39 is 33.4 Å². The van der Waals surface area contributed by atoms with E-state index in [0.29, 0.717) is 16.8 Å². The summed E-state index contributed by atoms with van der Waals surface area (Å²) in [6.45, 7) is 0. The highest BCUT2D eigenvalue weighted by atomic mass is 35.5. The van der Waals surface area contributed by atoms with Crippen LogP contribution in [0.15, 0.2) is 21.3 Å². The minimum absolute atomic E-state index is 0.157. The Kier molecular flexibility index (Phi) is 3.61. The van der Waals surface area contributed by atoms with Crippen LogP contribution in [-0.2, 0) is 6.18 Å². The first-order chi connectivity index (χ1) is 9.24. The standard InChI is InChI=1S/C10H3Cl2F3N2O3/c11-5-1-4(10(13,14)15)2-6(12)8(5)17-9(19)20-7(3-18)16-17/h1-3H. The van der Waals surface area contributed by atoms with Gasteiger partial charge in [0.1, 0.15) is 5.69 Å². The fraction of sp³-hybridized carbons (Fsp3) is 0.100. The van der Waals surface area contributed by atoms with Gasteiger partial charge in [0.25, 0.3) is 5.89 Å². The lowest BCUT2D eigenvalue weighted by Crippen LogP contribution is -2.15. The van der Waals surface area contributed by atoms with E-state index in [-0.39, 0.29) is 12.0 Å². The van der Waals surface area contributed by atoms with Crippen LogP contribution in [-0.4, -0.2) is 16.1 Å². The molecule has 1 aromatic carbocycles. The van der Waals surface area contributed by atoms with Crippen LogP contribution in [0.3, 0.4) is 0 Å². The number of carbonyl (C=O) groups excluding carboxylic acids is 1. The van der Waals surface area contributed by atoms with Crippen molar-refractivity contribution in [3.8, 4) is 5.69 Å². The van der Waals surface area contributed by atoms with Gasteiger partial charge >= 0.3 is 11.9 Å². The SMILES string of the molecule is O=Cc1nn(-c2c(Cl)cc(C(F)(F)F)cc2Cl)c(=O)o1. The molecule has 0 bridgehead atoms. The second kappa shape index (κ2) is 4.95. The van der Waals surface area contributed by atoms with Crippen LogP contribution in [0, 0.1) is 0 Å². The number of benzene rings is 1. The first kappa shape index (κ1) is 14.6. The number of rotatable bonds is 2. The van der Waals surface area contributed by atoms with Gasteiger partial charge in [0.2, 0.25) is 6.29 Å². The van der Waals surface area contributed by atoms with Gasteiger partial charge in [-0.05, 0) is 12.1 Å². The summed E-state index contributed by atoms with van der Waals surface area (Å²) in [5, 5.41) is 2.51. The maximum atomic E-state index is 12.6. The van der Waals surface area contributed by atoms with Crippen molar-refractivity contribution in [3.63, 3.8) is 0 Å². The van der Waals surface area contributed by atoms with Crippen LogP contribution < -0.4 is 5.76 Å². The van der Waals surface area contributed by atoms with Crippen LogP contribution in [0.25, 0.3) is 5.69 Å². The first-order valence-corrected chi connectivity index (χ1v) is 5.61. The molecule has 1 aromatic heterocycles. The van der Waals surface area contributed by atoms with Gasteiger partial charge in [-0.25, -0.2) is 4.79 Å². The lowest BCUT2D eigenvalue weighted by molar-refractivity contribution is -0.137. The van der Waals surface area contributed by atoms with Crippen molar-refractivity contribution >= 4 is 29.5 Å². The molecular weight excluding hydrogens is 324 g/mol. The van der Waals surface area contributed by atoms with Crippen molar-refractivity contribution in [1.82, 2.24) is 9.78 Å². The Balaban J connectivity index is 2.67. The molecule has 20 heavy (non-hydrogen) atoms. The molecule has 5 nitrogen and oxygen atoms in total. The minimum atomic E-state index is -4.64. The summed E-state index contributed by atoms with van der Waals surface area (Å²) < 4.78 is 42.6. The number of halogens is 5. The molecule has 0 aliphatic carbocycles. The molecule has 0 atom stereocenters. The zero-order valence-electron chi connectivity index (χ0n) is 9.24. The summed E-state index contributed by atoms with van der Waals surface area (Å²) in [5.41, 5.74) is -1.38. The molecule has 0 fully saturated rings. The maximum absolute atomic E-state index is 12.6. The molecule has 0 saturated heterocycles. The number of nitrogens with zero attached hydrogens (tertiary/aromatic N) is 2. The largest absolute Gasteiger partial charge is 0.442 e. The second-order valence-electron chi connectivity index (χ2n) is 3.52. The van der Waals surface area contributed by atoms with E-state index >= 15 is 0 Å². The predicted molar refractivity (Wildman–Crippen MR) is 62.5 cm³/mol. The van der Waals surface area contributed by atoms with E-state index in [4.69, 9.17) is 23.2 Å². The lowest BCUT2D eigenvalue weighted by Gasteiger charge is -2.11. The normalized spacial score (nSPS) is 11.7. The molecule has 10 heteroatoms. The Bertz CT molecular complexity index is 713. The van der Waals surface area contributed by atoms with Crippen LogP contribution in [0.4, 0.5) is 13.2 Å². The molecule has 0 radical (unpaired) electrons. The topological polar surface area (TPSA) is 65.1 Å². The smallest absolute Gasteiger partial charge is 0.384 e. The van der Waals surface area contributed by atoms with E-state index in [0.717, 1.165) is 0 Å². The Hall–Kier alpha value is -1.80. The molecule has 0 N–H and O–H groups in total. The van der Waals surface area contributed by atoms with Crippen LogP contribution in [0.2, 0.25) is 10.0 Å². The maximum Gasteiger partial charge on any atom is 0.442 e. The van der Waals surface area contributed by atoms with Crippen molar-refractivity contribution in [2.75, 3.05) is 0 Å².